The van der Waals surface area contributed by atoms with Crippen molar-refractivity contribution in [2.75, 3.05) is 24.3 Å². The fourth-order valence-electron chi connectivity index (χ4n) is 1.73. The van der Waals surface area contributed by atoms with Crippen LogP contribution in [0.2, 0.25) is 0 Å². The number of carbonyl (C=O) groups is 1. The number of hydrogen-bond acceptors (Lipinski definition) is 3. The van der Waals surface area contributed by atoms with Crippen LogP contribution in [0.4, 0.5) is 15.8 Å². The molecule has 0 saturated heterocycles. The number of ether oxygens (including phenoxy) is 1. The van der Waals surface area contributed by atoms with Crippen molar-refractivity contribution in [3.05, 3.63) is 53.8 Å². The maximum atomic E-state index is 13.4. The minimum Gasteiger partial charge on any atom is -0.484 e. The van der Waals surface area contributed by atoms with Crippen molar-refractivity contribution in [1.82, 2.24) is 0 Å². The topological polar surface area (TPSA) is 50.4 Å². The maximum absolute atomic E-state index is 13.4. The molecule has 110 valence electrons. The molecule has 4 nitrogen and oxygen atoms in total. The number of hydrogen-bond donors (Lipinski definition) is 2. The van der Waals surface area contributed by atoms with E-state index in [9.17, 15) is 9.18 Å². The smallest absolute Gasteiger partial charge is 0.262 e. The monoisotopic (exact) mass is 288 g/mol. The molecule has 0 aromatic heterocycles. The summed E-state index contributed by atoms with van der Waals surface area (Å²) in [6.07, 6.45) is 0. The highest BCUT2D eigenvalue weighted by Crippen LogP contribution is 2.16. The van der Waals surface area contributed by atoms with Crippen molar-refractivity contribution in [1.29, 1.82) is 0 Å². The van der Waals surface area contributed by atoms with Crippen LogP contribution in [0.15, 0.2) is 42.5 Å². The maximum Gasteiger partial charge on any atom is 0.262 e. The second-order valence-corrected chi connectivity index (χ2v) is 4.58. The van der Waals surface area contributed by atoms with E-state index in [4.69, 9.17) is 4.74 Å². The van der Waals surface area contributed by atoms with Crippen LogP contribution >= 0.6 is 0 Å². The van der Waals surface area contributed by atoms with Gasteiger partial charge in [-0.1, -0.05) is 6.07 Å². The summed E-state index contributed by atoms with van der Waals surface area (Å²) in [5.74, 6) is -0.0912. The van der Waals surface area contributed by atoms with Crippen LogP contribution in [0.25, 0.3) is 0 Å². The van der Waals surface area contributed by atoms with Crippen LogP contribution in [-0.4, -0.2) is 19.6 Å². The zero-order chi connectivity index (χ0) is 15.2. The third kappa shape index (κ3) is 4.21. The number of rotatable bonds is 5. The van der Waals surface area contributed by atoms with Crippen molar-refractivity contribution < 1.29 is 13.9 Å². The summed E-state index contributed by atoms with van der Waals surface area (Å²) in [7, 11) is 1.82. The van der Waals surface area contributed by atoms with Gasteiger partial charge in [0.05, 0.1) is 0 Å². The lowest BCUT2D eigenvalue weighted by molar-refractivity contribution is -0.118. The Kier molecular flexibility index (Phi) is 4.77. The Morgan fingerprint density at radius 3 is 2.43 bits per heavy atom. The summed E-state index contributed by atoms with van der Waals surface area (Å²) >= 11 is 0. The molecular weight excluding hydrogens is 271 g/mol. The van der Waals surface area contributed by atoms with Crippen molar-refractivity contribution in [3.63, 3.8) is 0 Å². The molecule has 0 unspecified atom stereocenters. The molecule has 0 aliphatic rings. The minimum atomic E-state index is -0.351. The largest absolute Gasteiger partial charge is 0.484 e. The lowest BCUT2D eigenvalue weighted by atomic mass is 10.2. The van der Waals surface area contributed by atoms with Gasteiger partial charge in [-0.25, -0.2) is 4.39 Å². The van der Waals surface area contributed by atoms with E-state index in [1.807, 2.05) is 19.2 Å². The number of halogens is 1. The minimum absolute atomic E-state index is 0.131. The lowest BCUT2D eigenvalue weighted by Crippen LogP contribution is -2.20. The van der Waals surface area contributed by atoms with Crippen LogP contribution in [0.5, 0.6) is 5.75 Å². The molecule has 2 aromatic rings. The summed E-state index contributed by atoms with van der Waals surface area (Å²) in [5.41, 5.74) is 1.91. The molecule has 2 rings (SSSR count). The molecule has 21 heavy (non-hydrogen) atoms. The average Bonchev–Trinajstić information content (AvgIpc) is 2.49. The van der Waals surface area contributed by atoms with Gasteiger partial charge in [0.2, 0.25) is 0 Å². The molecule has 2 aromatic carbocycles. The van der Waals surface area contributed by atoms with Gasteiger partial charge in [0, 0.05) is 18.4 Å². The Hall–Kier alpha value is -2.56. The molecule has 0 atom stereocenters. The first-order valence-electron chi connectivity index (χ1n) is 6.55. The molecule has 1 amide bonds. The first-order valence-corrected chi connectivity index (χ1v) is 6.55. The third-order valence-electron chi connectivity index (χ3n) is 2.97. The van der Waals surface area contributed by atoms with Gasteiger partial charge in [0.15, 0.2) is 6.61 Å². The number of carbonyl (C=O) groups excluding carboxylic acids is 1. The molecule has 5 heteroatoms. The third-order valence-corrected chi connectivity index (χ3v) is 2.97. The number of aryl methyl sites for hydroxylation is 1. The van der Waals surface area contributed by atoms with Crippen LogP contribution in [0, 0.1) is 12.7 Å². The van der Waals surface area contributed by atoms with Crippen LogP contribution in [-0.2, 0) is 4.79 Å². The number of amides is 1. The Labute approximate surface area is 122 Å². The first-order chi connectivity index (χ1) is 10.1. The van der Waals surface area contributed by atoms with E-state index < -0.39 is 0 Å². The molecule has 0 spiro atoms. The summed E-state index contributed by atoms with van der Waals surface area (Å²) in [5, 5.41) is 5.58. The van der Waals surface area contributed by atoms with Crippen LogP contribution < -0.4 is 15.4 Å². The Morgan fingerprint density at radius 2 is 1.81 bits per heavy atom. The fraction of sp³-hybridized carbons (Fsp3) is 0.188. The van der Waals surface area contributed by atoms with Gasteiger partial charge in [-0.15, -0.1) is 0 Å². The van der Waals surface area contributed by atoms with Crippen molar-refractivity contribution in [3.8, 4) is 5.75 Å². The predicted octanol–water partition coefficient (Wildman–Crippen LogP) is 3.19. The highest BCUT2D eigenvalue weighted by atomic mass is 19.1. The SMILES string of the molecule is CNc1ccc(OCC(=O)Nc2ccc(C)c(F)c2)cc1. The number of anilines is 2. The first kappa shape index (κ1) is 14.8. The van der Waals surface area contributed by atoms with E-state index in [1.165, 1.54) is 6.07 Å². The highest BCUT2D eigenvalue weighted by molar-refractivity contribution is 5.91. The molecule has 2 N–H and O–H groups in total. The van der Waals surface area contributed by atoms with Gasteiger partial charge in [0.25, 0.3) is 5.91 Å². The zero-order valence-electron chi connectivity index (χ0n) is 11.9. The van der Waals surface area contributed by atoms with Gasteiger partial charge in [-0.05, 0) is 48.9 Å². The molecule has 0 fully saturated rings. The van der Waals surface area contributed by atoms with Gasteiger partial charge in [0.1, 0.15) is 11.6 Å². The molecule has 0 radical (unpaired) electrons. The van der Waals surface area contributed by atoms with E-state index in [2.05, 4.69) is 10.6 Å². The summed E-state index contributed by atoms with van der Waals surface area (Å²) in [6, 6.07) is 11.8. The number of nitrogens with one attached hydrogen (secondary N) is 2. The van der Waals surface area contributed by atoms with E-state index in [0.29, 0.717) is 17.0 Å². The standard InChI is InChI=1S/C16H17FN2O2/c1-11-3-4-13(9-15(11)17)19-16(20)10-21-14-7-5-12(18-2)6-8-14/h3-9,18H,10H2,1-2H3,(H,19,20). The zero-order valence-corrected chi connectivity index (χ0v) is 11.9. The van der Waals surface area contributed by atoms with Gasteiger partial charge in [-0.3, -0.25) is 4.79 Å². The van der Waals surface area contributed by atoms with E-state index in [0.717, 1.165) is 5.69 Å². The summed E-state index contributed by atoms with van der Waals surface area (Å²) < 4.78 is 18.7. The van der Waals surface area contributed by atoms with E-state index in [-0.39, 0.29) is 18.3 Å². The summed E-state index contributed by atoms with van der Waals surface area (Å²) in [6.45, 7) is 1.53. The molecular formula is C16H17FN2O2. The van der Waals surface area contributed by atoms with Gasteiger partial charge >= 0.3 is 0 Å². The molecule has 0 aliphatic carbocycles. The van der Waals surface area contributed by atoms with E-state index >= 15 is 0 Å². The Balaban J connectivity index is 1.87. The lowest BCUT2D eigenvalue weighted by Gasteiger charge is -2.09. The second-order valence-electron chi connectivity index (χ2n) is 4.58. The molecule has 0 aliphatic heterocycles. The van der Waals surface area contributed by atoms with E-state index in [1.54, 1.807) is 31.2 Å². The highest BCUT2D eigenvalue weighted by Gasteiger charge is 2.05. The van der Waals surface area contributed by atoms with Crippen LogP contribution in [0.1, 0.15) is 5.56 Å². The molecule has 0 bridgehead atoms. The van der Waals surface area contributed by atoms with Crippen molar-refractivity contribution >= 4 is 17.3 Å². The Morgan fingerprint density at radius 1 is 1.14 bits per heavy atom. The molecule has 0 saturated carbocycles. The van der Waals surface area contributed by atoms with Crippen LogP contribution in [0.3, 0.4) is 0 Å². The predicted molar refractivity (Wildman–Crippen MR) is 81.3 cm³/mol. The molecule has 0 heterocycles. The number of benzene rings is 2. The normalized spacial score (nSPS) is 10.0. The second kappa shape index (κ2) is 6.74. The van der Waals surface area contributed by atoms with Gasteiger partial charge < -0.3 is 15.4 Å². The summed E-state index contributed by atoms with van der Waals surface area (Å²) in [4.78, 5) is 11.7. The van der Waals surface area contributed by atoms with Crippen molar-refractivity contribution in [2.45, 2.75) is 6.92 Å². The average molecular weight is 288 g/mol. The quantitative estimate of drug-likeness (QED) is 0.888. The fourth-order valence-corrected chi connectivity index (χ4v) is 1.73. The Bertz CT molecular complexity index is 627. The van der Waals surface area contributed by atoms with Gasteiger partial charge in [-0.2, -0.15) is 0 Å². The van der Waals surface area contributed by atoms with Crippen molar-refractivity contribution in [2.24, 2.45) is 0 Å².